The van der Waals surface area contributed by atoms with Crippen LogP contribution in [0.2, 0.25) is 0 Å². The Labute approximate surface area is 109 Å². The van der Waals surface area contributed by atoms with Crippen LogP contribution >= 0.6 is 15.9 Å². The molecule has 0 aromatic carbocycles. The lowest BCUT2D eigenvalue weighted by Gasteiger charge is -2.20. The summed E-state index contributed by atoms with van der Waals surface area (Å²) in [6, 6.07) is 3.86. The molecular formula is C12H15BrN4. The molecule has 0 spiro atoms. The third-order valence-electron chi connectivity index (χ3n) is 2.28. The van der Waals surface area contributed by atoms with Gasteiger partial charge in [-0.2, -0.15) is 0 Å². The Hall–Kier alpha value is -1.20. The van der Waals surface area contributed by atoms with Crippen molar-refractivity contribution in [1.29, 1.82) is 0 Å². The molecule has 3 N–H and O–H groups in total. The van der Waals surface area contributed by atoms with Crippen molar-refractivity contribution in [2.75, 3.05) is 11.9 Å². The monoisotopic (exact) mass is 294 g/mol. The van der Waals surface area contributed by atoms with Gasteiger partial charge in [-0.1, -0.05) is 0 Å². The van der Waals surface area contributed by atoms with Crippen molar-refractivity contribution < 1.29 is 0 Å². The van der Waals surface area contributed by atoms with Gasteiger partial charge in [-0.25, -0.2) is 0 Å². The minimum absolute atomic E-state index is 0.259. The number of pyridine rings is 2. The van der Waals surface area contributed by atoms with Gasteiger partial charge in [0.25, 0.3) is 0 Å². The number of hydrogen-bond donors (Lipinski definition) is 2. The molecule has 0 aliphatic rings. The van der Waals surface area contributed by atoms with E-state index in [2.05, 4.69) is 31.2 Å². The van der Waals surface area contributed by atoms with E-state index in [0.29, 0.717) is 6.54 Å². The van der Waals surface area contributed by atoms with Crippen LogP contribution < -0.4 is 11.1 Å². The highest BCUT2D eigenvalue weighted by Crippen LogP contribution is 2.22. The van der Waals surface area contributed by atoms with E-state index in [1.165, 1.54) is 0 Å². The van der Waals surface area contributed by atoms with Crippen LogP contribution in [0.5, 0.6) is 0 Å². The van der Waals surface area contributed by atoms with Crippen molar-refractivity contribution in [3.63, 3.8) is 0 Å². The molecule has 0 fully saturated rings. The highest BCUT2D eigenvalue weighted by Gasteiger charge is 2.11. The molecule has 0 radical (unpaired) electrons. The first-order chi connectivity index (χ1) is 7.96. The van der Waals surface area contributed by atoms with Crippen molar-refractivity contribution in [3.05, 3.63) is 29.0 Å². The van der Waals surface area contributed by atoms with Gasteiger partial charge in [-0.3, -0.25) is 9.97 Å². The molecule has 2 aromatic rings. The molecule has 2 aromatic heterocycles. The van der Waals surface area contributed by atoms with Crippen molar-refractivity contribution >= 4 is 32.7 Å². The third kappa shape index (κ3) is 3.14. The molecule has 4 nitrogen and oxygen atoms in total. The Morgan fingerprint density at radius 2 is 2.18 bits per heavy atom. The lowest BCUT2D eigenvalue weighted by atomic mass is 10.1. The third-order valence-corrected chi connectivity index (χ3v) is 2.71. The zero-order valence-corrected chi connectivity index (χ0v) is 11.5. The Bertz CT molecular complexity index is 534. The predicted molar refractivity (Wildman–Crippen MR) is 74.0 cm³/mol. The van der Waals surface area contributed by atoms with Crippen molar-refractivity contribution in [1.82, 2.24) is 9.97 Å². The van der Waals surface area contributed by atoms with Crippen molar-refractivity contribution in [3.8, 4) is 0 Å². The number of hydrogen-bond acceptors (Lipinski definition) is 4. The van der Waals surface area contributed by atoms with E-state index >= 15 is 0 Å². The first-order valence-corrected chi connectivity index (χ1v) is 6.18. The molecule has 2 rings (SSSR count). The molecule has 90 valence electrons. The Balaban J connectivity index is 2.34. The largest absolute Gasteiger partial charge is 0.381 e. The molecule has 0 atom stereocenters. The Kier molecular flexibility index (Phi) is 3.31. The number of anilines is 1. The SMILES string of the molecule is CC(C)(N)CNc1ccnc2cc(Br)cnc12. The Morgan fingerprint density at radius 3 is 2.88 bits per heavy atom. The highest BCUT2D eigenvalue weighted by molar-refractivity contribution is 9.10. The van der Waals surface area contributed by atoms with E-state index in [4.69, 9.17) is 5.73 Å². The maximum atomic E-state index is 5.95. The second kappa shape index (κ2) is 4.58. The number of aromatic nitrogens is 2. The van der Waals surface area contributed by atoms with E-state index in [-0.39, 0.29) is 5.54 Å². The number of nitrogens with two attached hydrogens (primary N) is 1. The minimum Gasteiger partial charge on any atom is -0.381 e. The summed E-state index contributed by atoms with van der Waals surface area (Å²) in [4.78, 5) is 8.65. The smallest absolute Gasteiger partial charge is 0.112 e. The topological polar surface area (TPSA) is 63.8 Å². The van der Waals surface area contributed by atoms with Gasteiger partial charge in [0.2, 0.25) is 0 Å². The lowest BCUT2D eigenvalue weighted by Crippen LogP contribution is -2.39. The maximum absolute atomic E-state index is 5.95. The normalized spacial score (nSPS) is 11.8. The first-order valence-electron chi connectivity index (χ1n) is 5.39. The van der Waals surface area contributed by atoms with Gasteiger partial charge in [0.05, 0.1) is 11.2 Å². The molecule has 0 aliphatic heterocycles. The fourth-order valence-corrected chi connectivity index (χ4v) is 1.79. The van der Waals surface area contributed by atoms with E-state index in [1.807, 2.05) is 26.0 Å². The second-order valence-corrected chi connectivity index (χ2v) is 5.64. The van der Waals surface area contributed by atoms with Crippen molar-refractivity contribution in [2.45, 2.75) is 19.4 Å². The number of nitrogens with one attached hydrogen (secondary N) is 1. The summed E-state index contributed by atoms with van der Waals surface area (Å²) in [5.41, 5.74) is 8.37. The summed E-state index contributed by atoms with van der Waals surface area (Å²) in [6.07, 6.45) is 3.53. The first kappa shape index (κ1) is 12.3. The zero-order valence-electron chi connectivity index (χ0n) is 9.87. The van der Waals surface area contributed by atoms with E-state index in [1.54, 1.807) is 12.4 Å². The van der Waals surface area contributed by atoms with Gasteiger partial charge in [-0.05, 0) is 41.9 Å². The number of fused-ring (bicyclic) bond motifs is 1. The quantitative estimate of drug-likeness (QED) is 0.913. The van der Waals surface area contributed by atoms with Crippen LogP contribution in [0, 0.1) is 0 Å². The van der Waals surface area contributed by atoms with Crippen LogP contribution in [-0.2, 0) is 0 Å². The maximum Gasteiger partial charge on any atom is 0.112 e. The summed E-state index contributed by atoms with van der Waals surface area (Å²) in [7, 11) is 0. The van der Waals surface area contributed by atoms with Crippen LogP contribution in [-0.4, -0.2) is 22.1 Å². The summed E-state index contributed by atoms with van der Waals surface area (Å²) in [5, 5.41) is 3.30. The van der Waals surface area contributed by atoms with Gasteiger partial charge < -0.3 is 11.1 Å². The minimum atomic E-state index is -0.259. The fourth-order valence-electron chi connectivity index (χ4n) is 1.47. The summed E-state index contributed by atoms with van der Waals surface area (Å²) < 4.78 is 0.925. The van der Waals surface area contributed by atoms with Crippen LogP contribution in [0.4, 0.5) is 5.69 Å². The predicted octanol–water partition coefficient (Wildman–Crippen LogP) is 2.54. The molecule has 2 heterocycles. The summed E-state index contributed by atoms with van der Waals surface area (Å²) in [6.45, 7) is 4.64. The summed E-state index contributed by atoms with van der Waals surface area (Å²) in [5.74, 6) is 0. The Morgan fingerprint density at radius 1 is 1.41 bits per heavy atom. The number of nitrogens with zero attached hydrogens (tertiary/aromatic N) is 2. The van der Waals surface area contributed by atoms with Crippen LogP contribution in [0.1, 0.15) is 13.8 Å². The fraction of sp³-hybridized carbons (Fsp3) is 0.333. The average Bonchev–Trinajstić information content (AvgIpc) is 2.24. The molecule has 0 saturated heterocycles. The van der Waals surface area contributed by atoms with Crippen LogP contribution in [0.15, 0.2) is 29.0 Å². The highest BCUT2D eigenvalue weighted by atomic mass is 79.9. The molecule has 0 aliphatic carbocycles. The number of rotatable bonds is 3. The summed E-state index contributed by atoms with van der Waals surface area (Å²) >= 11 is 3.38. The van der Waals surface area contributed by atoms with E-state index in [9.17, 15) is 0 Å². The van der Waals surface area contributed by atoms with E-state index in [0.717, 1.165) is 21.2 Å². The molecule has 17 heavy (non-hydrogen) atoms. The molecule has 0 bridgehead atoms. The zero-order chi connectivity index (χ0) is 12.5. The van der Waals surface area contributed by atoms with Gasteiger partial charge in [0.15, 0.2) is 0 Å². The molecular weight excluding hydrogens is 280 g/mol. The molecule has 0 amide bonds. The molecule has 0 unspecified atom stereocenters. The molecule has 0 saturated carbocycles. The molecule has 5 heteroatoms. The number of halogens is 1. The van der Waals surface area contributed by atoms with Crippen molar-refractivity contribution in [2.24, 2.45) is 5.73 Å². The van der Waals surface area contributed by atoms with Gasteiger partial charge in [0.1, 0.15) is 5.52 Å². The van der Waals surface area contributed by atoms with Gasteiger partial charge in [0, 0.05) is 29.0 Å². The van der Waals surface area contributed by atoms with Gasteiger partial charge in [-0.15, -0.1) is 0 Å². The average molecular weight is 295 g/mol. The van der Waals surface area contributed by atoms with Crippen LogP contribution in [0.3, 0.4) is 0 Å². The van der Waals surface area contributed by atoms with Gasteiger partial charge >= 0.3 is 0 Å². The van der Waals surface area contributed by atoms with Crippen LogP contribution in [0.25, 0.3) is 11.0 Å². The lowest BCUT2D eigenvalue weighted by molar-refractivity contribution is 0.549. The van der Waals surface area contributed by atoms with E-state index < -0.39 is 0 Å². The standard InChI is InChI=1S/C12H15BrN4/c1-12(2,14)7-17-9-3-4-15-10-5-8(13)6-16-11(9)10/h3-6H,7,14H2,1-2H3,(H,15,17). The second-order valence-electron chi connectivity index (χ2n) is 4.72.